The number of ether oxygens (including phenoxy) is 1. The average molecular weight is 459 g/mol. The largest absolute Gasteiger partial charge is 0.464 e. The second-order valence-corrected chi connectivity index (χ2v) is 8.71. The number of piperidine rings is 1. The van der Waals surface area contributed by atoms with Gasteiger partial charge in [-0.05, 0) is 74.5 Å². The van der Waals surface area contributed by atoms with E-state index in [1.807, 2.05) is 30.3 Å². The Labute approximate surface area is 200 Å². The lowest BCUT2D eigenvalue weighted by atomic mass is 9.95. The van der Waals surface area contributed by atoms with Crippen molar-refractivity contribution in [1.82, 2.24) is 15.3 Å². The van der Waals surface area contributed by atoms with Crippen molar-refractivity contribution in [3.63, 3.8) is 0 Å². The number of carbonyl (C=O) groups is 2. The van der Waals surface area contributed by atoms with E-state index in [4.69, 9.17) is 4.74 Å². The molecule has 1 fully saturated rings. The Hall–Kier alpha value is -3.58. The standard InChI is InChI=1S/C27H30N4O3/c1-17-11-12-20(14-18(17)2)22-9-5-6-10-23(22)25(32)31(21-8-7-13-28-16-21)27-29-19(3)15-24(30-27)26(33)34-4/h5-6,9-12,14-15,21,28H,7-8,13,16H2,1-4H3. The first kappa shape index (κ1) is 23.6. The summed E-state index contributed by atoms with van der Waals surface area (Å²) in [5.74, 6) is -0.533. The molecule has 34 heavy (non-hydrogen) atoms. The highest BCUT2D eigenvalue weighted by molar-refractivity contribution is 6.10. The molecule has 0 saturated carbocycles. The molecule has 1 aliphatic heterocycles. The summed E-state index contributed by atoms with van der Waals surface area (Å²) < 4.78 is 4.87. The van der Waals surface area contributed by atoms with E-state index < -0.39 is 5.97 Å². The topological polar surface area (TPSA) is 84.4 Å². The number of nitrogens with one attached hydrogen (secondary N) is 1. The van der Waals surface area contributed by atoms with Crippen LogP contribution in [0.25, 0.3) is 11.1 Å². The molecule has 0 bridgehead atoms. The molecule has 1 aliphatic rings. The van der Waals surface area contributed by atoms with Crippen LogP contribution >= 0.6 is 0 Å². The third-order valence-corrected chi connectivity index (χ3v) is 6.28. The second-order valence-electron chi connectivity index (χ2n) is 8.71. The highest BCUT2D eigenvalue weighted by Gasteiger charge is 2.32. The Balaban J connectivity index is 1.83. The Morgan fingerprint density at radius 1 is 1.03 bits per heavy atom. The lowest BCUT2D eigenvalue weighted by Gasteiger charge is -2.34. The summed E-state index contributed by atoms with van der Waals surface area (Å²) in [6.45, 7) is 7.45. The van der Waals surface area contributed by atoms with Gasteiger partial charge in [-0.3, -0.25) is 9.69 Å². The minimum absolute atomic E-state index is 0.133. The van der Waals surface area contributed by atoms with Gasteiger partial charge in [-0.2, -0.15) is 0 Å². The van der Waals surface area contributed by atoms with Crippen molar-refractivity contribution in [1.29, 1.82) is 0 Å². The molecule has 1 atom stereocenters. The van der Waals surface area contributed by atoms with E-state index >= 15 is 0 Å². The second kappa shape index (κ2) is 10.1. The van der Waals surface area contributed by atoms with Crippen molar-refractivity contribution in [3.05, 3.63) is 76.6 Å². The van der Waals surface area contributed by atoms with Crippen LogP contribution < -0.4 is 10.2 Å². The lowest BCUT2D eigenvalue weighted by Crippen LogP contribution is -2.50. The first-order valence-corrected chi connectivity index (χ1v) is 11.5. The maximum absolute atomic E-state index is 14.2. The fraction of sp³-hybridized carbons (Fsp3) is 0.333. The summed E-state index contributed by atoms with van der Waals surface area (Å²) in [7, 11) is 1.31. The van der Waals surface area contributed by atoms with Gasteiger partial charge in [0.05, 0.1) is 13.2 Å². The molecule has 2 heterocycles. The van der Waals surface area contributed by atoms with Gasteiger partial charge in [-0.1, -0.05) is 36.4 Å². The highest BCUT2D eigenvalue weighted by atomic mass is 16.5. The van der Waals surface area contributed by atoms with Crippen molar-refractivity contribution in [2.24, 2.45) is 0 Å². The smallest absolute Gasteiger partial charge is 0.356 e. The number of carbonyl (C=O) groups excluding carboxylic acids is 2. The molecule has 0 spiro atoms. The number of aryl methyl sites for hydroxylation is 3. The number of hydrogen-bond acceptors (Lipinski definition) is 6. The minimum Gasteiger partial charge on any atom is -0.464 e. The van der Waals surface area contributed by atoms with Crippen LogP contribution in [0, 0.1) is 20.8 Å². The lowest BCUT2D eigenvalue weighted by molar-refractivity contribution is 0.0593. The normalized spacial score (nSPS) is 15.6. The Morgan fingerprint density at radius 3 is 2.53 bits per heavy atom. The van der Waals surface area contributed by atoms with Crippen LogP contribution in [-0.4, -0.2) is 48.1 Å². The van der Waals surface area contributed by atoms with Crippen LogP contribution in [0.2, 0.25) is 0 Å². The maximum atomic E-state index is 14.2. The van der Waals surface area contributed by atoms with Crippen LogP contribution in [0.4, 0.5) is 5.95 Å². The molecule has 1 saturated heterocycles. The Kier molecular flexibility index (Phi) is 7.03. The molecule has 4 rings (SSSR count). The third-order valence-electron chi connectivity index (χ3n) is 6.28. The summed E-state index contributed by atoms with van der Waals surface area (Å²) in [4.78, 5) is 37.0. The van der Waals surface area contributed by atoms with Crippen molar-refractivity contribution >= 4 is 17.8 Å². The molecule has 1 amide bonds. The van der Waals surface area contributed by atoms with Gasteiger partial charge < -0.3 is 10.1 Å². The zero-order valence-corrected chi connectivity index (χ0v) is 20.1. The van der Waals surface area contributed by atoms with Crippen molar-refractivity contribution < 1.29 is 14.3 Å². The van der Waals surface area contributed by atoms with Crippen molar-refractivity contribution in [2.75, 3.05) is 25.1 Å². The molecule has 0 radical (unpaired) electrons. The van der Waals surface area contributed by atoms with Crippen LogP contribution in [0.1, 0.15) is 50.5 Å². The van der Waals surface area contributed by atoms with E-state index in [0.717, 1.165) is 36.1 Å². The van der Waals surface area contributed by atoms with Crippen LogP contribution in [0.5, 0.6) is 0 Å². The summed E-state index contributed by atoms with van der Waals surface area (Å²) in [5.41, 5.74) is 5.49. The molecule has 7 heteroatoms. The highest BCUT2D eigenvalue weighted by Crippen LogP contribution is 2.29. The Morgan fingerprint density at radius 2 is 1.82 bits per heavy atom. The number of methoxy groups -OCH3 is 1. The molecule has 2 aromatic carbocycles. The molecule has 1 aromatic heterocycles. The molecule has 176 valence electrons. The molecule has 3 aromatic rings. The average Bonchev–Trinajstić information content (AvgIpc) is 2.85. The van der Waals surface area contributed by atoms with E-state index in [0.29, 0.717) is 17.8 Å². The van der Waals surface area contributed by atoms with Crippen LogP contribution in [0.15, 0.2) is 48.5 Å². The van der Waals surface area contributed by atoms with E-state index in [1.165, 1.54) is 12.7 Å². The van der Waals surface area contributed by atoms with Gasteiger partial charge in [0.1, 0.15) is 0 Å². The zero-order chi connectivity index (χ0) is 24.2. The van der Waals surface area contributed by atoms with Gasteiger partial charge in [0, 0.05) is 17.8 Å². The van der Waals surface area contributed by atoms with Gasteiger partial charge in [0.15, 0.2) is 5.69 Å². The summed E-state index contributed by atoms with van der Waals surface area (Å²) in [5, 5.41) is 3.37. The number of nitrogens with zero attached hydrogens (tertiary/aromatic N) is 3. The van der Waals surface area contributed by atoms with Gasteiger partial charge in [-0.25, -0.2) is 14.8 Å². The molecular weight excluding hydrogens is 428 g/mol. The number of rotatable bonds is 5. The van der Waals surface area contributed by atoms with Gasteiger partial charge in [0.25, 0.3) is 5.91 Å². The van der Waals surface area contributed by atoms with Crippen molar-refractivity contribution in [3.8, 4) is 11.1 Å². The SMILES string of the molecule is COC(=O)c1cc(C)nc(N(C(=O)c2ccccc2-c2ccc(C)c(C)c2)C2CCCNC2)n1. The number of esters is 1. The molecule has 7 nitrogen and oxygen atoms in total. The minimum atomic E-state index is -0.559. The molecule has 1 unspecified atom stereocenters. The predicted octanol–water partition coefficient (Wildman–Crippen LogP) is 4.25. The van der Waals surface area contributed by atoms with E-state index in [2.05, 4.69) is 41.3 Å². The number of anilines is 1. The first-order chi connectivity index (χ1) is 16.4. The fourth-order valence-electron chi connectivity index (χ4n) is 4.30. The molecular formula is C27H30N4O3. The van der Waals surface area contributed by atoms with Crippen molar-refractivity contribution in [2.45, 2.75) is 39.7 Å². The van der Waals surface area contributed by atoms with E-state index in [9.17, 15) is 9.59 Å². The number of hydrogen-bond donors (Lipinski definition) is 1. The number of aromatic nitrogens is 2. The monoisotopic (exact) mass is 458 g/mol. The molecule has 1 N–H and O–H groups in total. The first-order valence-electron chi connectivity index (χ1n) is 11.5. The third kappa shape index (κ3) is 4.84. The fourth-order valence-corrected chi connectivity index (χ4v) is 4.30. The van der Waals surface area contributed by atoms with E-state index in [-0.39, 0.29) is 23.6 Å². The summed E-state index contributed by atoms with van der Waals surface area (Å²) in [6.07, 6.45) is 1.75. The van der Waals surface area contributed by atoms with Crippen LogP contribution in [-0.2, 0) is 4.74 Å². The zero-order valence-electron chi connectivity index (χ0n) is 20.1. The maximum Gasteiger partial charge on any atom is 0.356 e. The number of amides is 1. The van der Waals surface area contributed by atoms with Gasteiger partial charge >= 0.3 is 5.97 Å². The van der Waals surface area contributed by atoms with Crippen LogP contribution in [0.3, 0.4) is 0 Å². The predicted molar refractivity (Wildman–Crippen MR) is 132 cm³/mol. The summed E-state index contributed by atoms with van der Waals surface area (Å²) in [6, 6.07) is 15.3. The Bertz CT molecular complexity index is 1220. The quantitative estimate of drug-likeness (QED) is 0.576. The van der Waals surface area contributed by atoms with E-state index in [1.54, 1.807) is 17.9 Å². The number of benzene rings is 2. The van der Waals surface area contributed by atoms with Gasteiger partial charge in [-0.15, -0.1) is 0 Å². The van der Waals surface area contributed by atoms with Gasteiger partial charge in [0.2, 0.25) is 5.95 Å². The molecule has 0 aliphatic carbocycles. The summed E-state index contributed by atoms with van der Waals surface area (Å²) >= 11 is 0.